The lowest BCUT2D eigenvalue weighted by Gasteiger charge is -2.27. The van der Waals surface area contributed by atoms with Crippen molar-refractivity contribution in [1.82, 2.24) is 10.2 Å². The lowest BCUT2D eigenvalue weighted by atomic mass is 10.0. The zero-order valence-corrected chi connectivity index (χ0v) is 26.8. The fourth-order valence-corrected chi connectivity index (χ4v) is 4.04. The van der Waals surface area contributed by atoms with Crippen LogP contribution < -0.4 is 5.32 Å². The van der Waals surface area contributed by atoms with Crippen molar-refractivity contribution >= 4 is 29.8 Å². The van der Waals surface area contributed by atoms with E-state index in [1.807, 2.05) is 30.3 Å². The Kier molecular flexibility index (Phi) is 21.1. The number of nitrogens with one attached hydrogen (secondary N) is 1. The first-order valence-corrected chi connectivity index (χ1v) is 14.5. The van der Waals surface area contributed by atoms with Crippen LogP contribution in [0.3, 0.4) is 0 Å². The van der Waals surface area contributed by atoms with Crippen LogP contribution in [0.5, 0.6) is 0 Å². The van der Waals surface area contributed by atoms with Crippen molar-refractivity contribution in [2.24, 2.45) is 0 Å². The molecule has 0 aromatic heterocycles. The second-order valence-corrected chi connectivity index (χ2v) is 9.74. The maximum atomic E-state index is 12.7. The molecule has 23 heteroatoms. The molecule has 0 spiro atoms. The fraction of sp³-hybridized carbons (Fsp3) is 0.519. The summed E-state index contributed by atoms with van der Waals surface area (Å²) >= 11 is 0. The molecule has 1 aliphatic heterocycles. The summed E-state index contributed by atoms with van der Waals surface area (Å²) in [4.78, 5) is 97.4. The standard InChI is InChI=1S/C20H28N2O5.C4H4O4.C3H5N3O9/c1-3-27-20(26)16(12-11-15-8-5-4-6-9-15)21-14(2)18(23)22-13-7-10-17(22)19(24)25;5-3(6)1-2-4(7)8;7-4(8)13-1-3(15-6(11)12)2-14-5(9)10/h4-6,8-9,14,16-17,21H,3,7,10-13H2,1-2H3,(H,24,25);1-2H,(H,5,6)(H,7,8);3H,1-2H2/b;2-1-;/t14-,16-,17-;;/m0../s1. The van der Waals surface area contributed by atoms with Crippen LogP contribution in [0, 0.1) is 30.3 Å². The minimum Gasteiger partial charge on any atom is -0.480 e. The van der Waals surface area contributed by atoms with Crippen LogP contribution in [0.4, 0.5) is 0 Å². The molecule has 1 fully saturated rings. The highest BCUT2D eigenvalue weighted by Crippen LogP contribution is 2.19. The monoisotopic (exact) mass is 719 g/mol. The van der Waals surface area contributed by atoms with E-state index in [2.05, 4.69) is 19.8 Å². The number of ether oxygens (including phenoxy) is 1. The SMILES string of the molecule is CCOC(=O)[C@H](CCc1ccccc1)N[C@@H](C)C(=O)N1CCC[C@H]1C(=O)O.O=C(O)/C=C\C(=O)O.O=[N+]([O-])OCC(CO[N+](=O)[O-])O[N+](=O)[O-]. The number of nitrogens with zero attached hydrogens (tertiary/aromatic N) is 4. The van der Waals surface area contributed by atoms with Gasteiger partial charge < -0.3 is 39.5 Å². The molecule has 1 aromatic rings. The molecule has 1 amide bonds. The van der Waals surface area contributed by atoms with Gasteiger partial charge in [-0.2, -0.15) is 0 Å². The number of carboxylic acids is 3. The van der Waals surface area contributed by atoms with Gasteiger partial charge in [-0.25, -0.2) is 14.4 Å². The third-order valence-electron chi connectivity index (χ3n) is 6.11. The summed E-state index contributed by atoms with van der Waals surface area (Å²) in [5.41, 5.74) is 1.10. The number of aliphatic carboxylic acids is 3. The molecule has 1 aliphatic rings. The summed E-state index contributed by atoms with van der Waals surface area (Å²) in [6, 6.07) is 7.69. The lowest BCUT2D eigenvalue weighted by Crippen LogP contribution is -2.53. The number of carbonyl (C=O) groups excluding carboxylic acids is 2. The topological polar surface area (TPSA) is 328 Å². The van der Waals surface area contributed by atoms with Gasteiger partial charge in [0.1, 0.15) is 25.3 Å². The van der Waals surface area contributed by atoms with Crippen molar-refractivity contribution in [2.45, 2.75) is 63.8 Å². The van der Waals surface area contributed by atoms with Crippen LogP contribution in [0.15, 0.2) is 42.5 Å². The molecular formula is C27H37N5O18. The number of amides is 1. The number of benzene rings is 1. The minimum atomic E-state index is -1.55. The van der Waals surface area contributed by atoms with Gasteiger partial charge in [0.25, 0.3) is 15.3 Å². The first kappa shape index (κ1) is 43.9. The van der Waals surface area contributed by atoms with E-state index in [0.717, 1.165) is 5.56 Å². The average molecular weight is 720 g/mol. The zero-order chi connectivity index (χ0) is 38.2. The minimum absolute atomic E-state index is 0.262. The number of hydrogen-bond acceptors (Lipinski definition) is 16. The number of carboxylic acid groups (broad SMARTS) is 3. The summed E-state index contributed by atoms with van der Waals surface area (Å²) in [6.45, 7) is 2.40. The third kappa shape index (κ3) is 20.2. The Bertz CT molecular complexity index is 1290. The van der Waals surface area contributed by atoms with E-state index in [9.17, 15) is 59.4 Å². The molecule has 2 rings (SSSR count). The van der Waals surface area contributed by atoms with Crippen LogP contribution in [-0.4, -0.2) is 116 Å². The van der Waals surface area contributed by atoms with E-state index in [1.54, 1.807) is 13.8 Å². The summed E-state index contributed by atoms with van der Waals surface area (Å²) in [5.74, 6) is -4.20. The van der Waals surface area contributed by atoms with Gasteiger partial charge in [-0.15, -0.1) is 30.3 Å². The van der Waals surface area contributed by atoms with E-state index < -0.39 is 76.6 Å². The van der Waals surface area contributed by atoms with Gasteiger partial charge in [0.15, 0.2) is 6.10 Å². The van der Waals surface area contributed by atoms with Gasteiger partial charge in [0.2, 0.25) is 5.91 Å². The largest absolute Gasteiger partial charge is 0.480 e. The predicted octanol–water partition coefficient (Wildman–Crippen LogP) is 0.296. The molecule has 0 aliphatic carbocycles. The van der Waals surface area contributed by atoms with Crippen molar-refractivity contribution in [1.29, 1.82) is 0 Å². The molecule has 1 aromatic carbocycles. The Balaban J connectivity index is 0.000000874. The van der Waals surface area contributed by atoms with Gasteiger partial charge >= 0.3 is 23.9 Å². The van der Waals surface area contributed by atoms with Crippen LogP contribution in [-0.2, 0) is 49.6 Å². The number of likely N-dealkylation sites (tertiary alicyclic amines) is 1. The van der Waals surface area contributed by atoms with Gasteiger partial charge in [0, 0.05) is 18.7 Å². The van der Waals surface area contributed by atoms with Crippen molar-refractivity contribution in [2.75, 3.05) is 26.4 Å². The first-order valence-electron chi connectivity index (χ1n) is 14.5. The summed E-state index contributed by atoms with van der Waals surface area (Å²) < 4.78 is 5.14. The van der Waals surface area contributed by atoms with Crippen LogP contribution in [0.25, 0.3) is 0 Å². The van der Waals surface area contributed by atoms with Gasteiger partial charge in [-0.1, -0.05) is 30.3 Å². The third-order valence-corrected chi connectivity index (χ3v) is 6.11. The van der Waals surface area contributed by atoms with Crippen LogP contribution in [0.1, 0.15) is 38.7 Å². The van der Waals surface area contributed by atoms with E-state index >= 15 is 0 Å². The lowest BCUT2D eigenvalue weighted by molar-refractivity contribution is -0.803. The number of carbonyl (C=O) groups is 5. The molecule has 1 heterocycles. The quantitative estimate of drug-likeness (QED) is 0.0646. The van der Waals surface area contributed by atoms with Gasteiger partial charge in [0.05, 0.1) is 12.6 Å². The number of rotatable bonds is 19. The van der Waals surface area contributed by atoms with Crippen LogP contribution in [0.2, 0.25) is 0 Å². The molecule has 50 heavy (non-hydrogen) atoms. The maximum Gasteiger partial charge on any atom is 0.328 e. The van der Waals surface area contributed by atoms with E-state index in [-0.39, 0.29) is 12.5 Å². The molecule has 0 bridgehead atoms. The molecule has 0 radical (unpaired) electrons. The smallest absolute Gasteiger partial charge is 0.328 e. The van der Waals surface area contributed by atoms with Gasteiger partial charge in [-0.3, -0.25) is 14.9 Å². The highest BCUT2D eigenvalue weighted by atomic mass is 17.0. The van der Waals surface area contributed by atoms with E-state index in [0.29, 0.717) is 44.4 Å². The molecule has 3 atom stereocenters. The van der Waals surface area contributed by atoms with E-state index in [4.69, 9.17) is 14.9 Å². The molecule has 0 unspecified atom stereocenters. The highest BCUT2D eigenvalue weighted by molar-refractivity contribution is 5.89. The summed E-state index contributed by atoms with van der Waals surface area (Å²) in [7, 11) is 0. The Labute approximate surface area is 282 Å². The molecular weight excluding hydrogens is 682 g/mol. The van der Waals surface area contributed by atoms with Crippen molar-refractivity contribution in [3.8, 4) is 0 Å². The maximum absolute atomic E-state index is 12.7. The normalized spacial score (nSPS) is 14.5. The van der Waals surface area contributed by atoms with E-state index in [1.165, 1.54) is 4.90 Å². The number of hydrogen-bond donors (Lipinski definition) is 4. The summed E-state index contributed by atoms with van der Waals surface area (Å²) in [6.07, 6.45) is 1.86. The van der Waals surface area contributed by atoms with Crippen molar-refractivity contribution in [3.05, 3.63) is 78.4 Å². The van der Waals surface area contributed by atoms with Crippen molar-refractivity contribution < 1.29 is 73.8 Å². The Morgan fingerprint density at radius 3 is 1.92 bits per heavy atom. The summed E-state index contributed by atoms with van der Waals surface area (Å²) in [5, 5.41) is 53.5. The number of esters is 1. The molecule has 23 nitrogen and oxygen atoms in total. The average Bonchev–Trinajstić information content (AvgIpc) is 3.54. The Hall–Kier alpha value is -6.13. The number of aryl methyl sites for hydroxylation is 1. The molecule has 0 saturated carbocycles. The zero-order valence-electron chi connectivity index (χ0n) is 26.8. The second kappa shape index (κ2) is 24.1. The van der Waals surface area contributed by atoms with Crippen LogP contribution >= 0.6 is 0 Å². The Morgan fingerprint density at radius 2 is 1.48 bits per heavy atom. The fourth-order valence-electron chi connectivity index (χ4n) is 4.04. The highest BCUT2D eigenvalue weighted by Gasteiger charge is 2.37. The second-order valence-electron chi connectivity index (χ2n) is 9.74. The molecule has 1 saturated heterocycles. The molecule has 278 valence electrons. The Morgan fingerprint density at radius 1 is 0.940 bits per heavy atom. The molecule has 4 N–H and O–H groups in total. The first-order chi connectivity index (χ1) is 23.5. The van der Waals surface area contributed by atoms with Crippen molar-refractivity contribution in [3.63, 3.8) is 0 Å². The van der Waals surface area contributed by atoms with Gasteiger partial charge in [-0.05, 0) is 45.1 Å². The predicted molar refractivity (Wildman–Crippen MR) is 162 cm³/mol.